The van der Waals surface area contributed by atoms with Crippen molar-refractivity contribution < 1.29 is 14.0 Å². The molecule has 1 fully saturated rings. The van der Waals surface area contributed by atoms with Crippen LogP contribution in [0.1, 0.15) is 125 Å². The monoisotopic (exact) mass is 575 g/mol. The summed E-state index contributed by atoms with van der Waals surface area (Å²) in [7, 11) is 0. The van der Waals surface area contributed by atoms with Crippen LogP contribution in [0.2, 0.25) is 0 Å². The molecule has 10 heteroatoms. The minimum absolute atomic E-state index is 0.00363. The summed E-state index contributed by atoms with van der Waals surface area (Å²) in [6.07, 6.45) is 6.82. The minimum Gasteiger partial charge on any atom is -0.348 e. The third-order valence-electron chi connectivity index (χ3n) is 8.93. The zero-order chi connectivity index (χ0) is 30.4. The first-order valence-electron chi connectivity index (χ1n) is 15.8. The number of nitrogens with one attached hydrogen (secondary N) is 2. The number of aliphatic imine (C=N–C) groups is 1. The van der Waals surface area contributed by atoms with Crippen molar-refractivity contribution in [3.8, 4) is 0 Å². The van der Waals surface area contributed by atoms with E-state index in [9.17, 15) is 14.0 Å². The molecular formula is C31H54FN7O2. The number of hydrogen-bond acceptors (Lipinski definition) is 6. The van der Waals surface area contributed by atoms with Gasteiger partial charge in [0.15, 0.2) is 5.82 Å². The number of rotatable bonds is 14. The highest BCUT2D eigenvalue weighted by atomic mass is 19.1. The summed E-state index contributed by atoms with van der Waals surface area (Å²) in [5.74, 6) is 0.696. The van der Waals surface area contributed by atoms with E-state index in [-0.39, 0.29) is 47.6 Å². The van der Waals surface area contributed by atoms with Crippen molar-refractivity contribution in [3.63, 3.8) is 0 Å². The highest BCUT2D eigenvalue weighted by Crippen LogP contribution is 2.42. The highest BCUT2D eigenvalue weighted by Gasteiger charge is 2.50. The average Bonchev–Trinajstić information content (AvgIpc) is 3.49. The smallest absolute Gasteiger partial charge is 0.270 e. The van der Waals surface area contributed by atoms with E-state index in [1.807, 2.05) is 6.92 Å². The second kappa shape index (κ2) is 14.2. The third-order valence-corrected chi connectivity index (χ3v) is 8.93. The summed E-state index contributed by atoms with van der Waals surface area (Å²) in [4.78, 5) is 34.4. The van der Waals surface area contributed by atoms with Gasteiger partial charge in [0.05, 0.1) is 6.54 Å². The quantitative estimate of drug-likeness (QED) is 0.281. The molecule has 6 atom stereocenters. The Morgan fingerprint density at radius 1 is 1.20 bits per heavy atom. The van der Waals surface area contributed by atoms with Crippen LogP contribution in [0, 0.1) is 29.1 Å². The van der Waals surface area contributed by atoms with Gasteiger partial charge in [0, 0.05) is 17.9 Å². The molecule has 1 aliphatic carbocycles. The molecule has 1 saturated carbocycles. The molecule has 0 bridgehead atoms. The SMILES string of the molecule is CCC(CCC(C)C(=O)NCc1nn[nH]n1)[C@@H](CCC(C)(C)C)N1C(=O)C(C2CCCC(F)C2)=NC1(C)CC(C)C. The Morgan fingerprint density at radius 2 is 1.93 bits per heavy atom. The van der Waals surface area contributed by atoms with E-state index in [0.717, 1.165) is 44.9 Å². The van der Waals surface area contributed by atoms with E-state index in [1.54, 1.807) is 0 Å². The average molecular weight is 576 g/mol. The molecule has 5 unspecified atom stereocenters. The molecule has 1 aliphatic heterocycles. The largest absolute Gasteiger partial charge is 0.348 e. The van der Waals surface area contributed by atoms with Crippen molar-refractivity contribution in [1.29, 1.82) is 0 Å². The number of alkyl halides is 1. The lowest BCUT2D eigenvalue weighted by molar-refractivity contribution is -0.134. The molecule has 232 valence electrons. The van der Waals surface area contributed by atoms with Crippen molar-refractivity contribution in [3.05, 3.63) is 5.82 Å². The van der Waals surface area contributed by atoms with Gasteiger partial charge < -0.3 is 10.2 Å². The fourth-order valence-corrected chi connectivity index (χ4v) is 6.79. The maximum Gasteiger partial charge on any atom is 0.270 e. The zero-order valence-electron chi connectivity index (χ0n) is 26.7. The summed E-state index contributed by atoms with van der Waals surface area (Å²) in [5.41, 5.74) is 0.0678. The second-order valence-electron chi connectivity index (χ2n) is 14.3. The van der Waals surface area contributed by atoms with Crippen LogP contribution in [0.15, 0.2) is 4.99 Å². The first-order valence-corrected chi connectivity index (χ1v) is 15.8. The number of aromatic amines is 1. The number of carbonyl (C=O) groups excluding carboxylic acids is 2. The Balaban J connectivity index is 1.83. The van der Waals surface area contributed by atoms with E-state index in [4.69, 9.17) is 4.99 Å². The summed E-state index contributed by atoms with van der Waals surface area (Å²) in [6, 6.07) is -0.00363. The van der Waals surface area contributed by atoms with Gasteiger partial charge in [0.2, 0.25) is 5.91 Å². The normalized spacial score (nSPS) is 25.8. The maximum absolute atomic E-state index is 14.5. The molecule has 2 aliphatic rings. The topological polar surface area (TPSA) is 116 Å². The predicted molar refractivity (Wildman–Crippen MR) is 160 cm³/mol. The first-order chi connectivity index (χ1) is 19.2. The summed E-state index contributed by atoms with van der Waals surface area (Å²) >= 11 is 0. The van der Waals surface area contributed by atoms with Crippen LogP contribution in [-0.4, -0.2) is 60.9 Å². The van der Waals surface area contributed by atoms with Gasteiger partial charge in [-0.1, -0.05) is 60.1 Å². The van der Waals surface area contributed by atoms with Gasteiger partial charge in [-0.15, -0.1) is 10.2 Å². The molecule has 0 radical (unpaired) electrons. The number of H-pyrrole nitrogens is 1. The van der Waals surface area contributed by atoms with Gasteiger partial charge in [-0.05, 0) is 82.0 Å². The van der Waals surface area contributed by atoms with Crippen molar-refractivity contribution in [1.82, 2.24) is 30.8 Å². The molecule has 3 rings (SSSR count). The fraction of sp³-hybridized carbons (Fsp3) is 0.871. The minimum atomic E-state index is -0.859. The molecule has 0 saturated heterocycles. The van der Waals surface area contributed by atoms with Gasteiger partial charge >= 0.3 is 0 Å². The number of halogens is 1. The van der Waals surface area contributed by atoms with Crippen LogP contribution in [0.3, 0.4) is 0 Å². The van der Waals surface area contributed by atoms with Gasteiger partial charge in [-0.3, -0.25) is 14.6 Å². The summed E-state index contributed by atoms with van der Waals surface area (Å²) < 4.78 is 14.5. The zero-order valence-corrected chi connectivity index (χ0v) is 26.7. The lowest BCUT2D eigenvalue weighted by Gasteiger charge is -2.44. The molecule has 2 heterocycles. The van der Waals surface area contributed by atoms with Crippen LogP contribution in [0.4, 0.5) is 4.39 Å². The molecule has 9 nitrogen and oxygen atoms in total. The Bertz CT molecular complexity index is 1020. The summed E-state index contributed by atoms with van der Waals surface area (Å²) in [6.45, 7) is 17.6. The predicted octanol–water partition coefficient (Wildman–Crippen LogP) is 6.03. The van der Waals surface area contributed by atoms with Crippen molar-refractivity contribution >= 4 is 17.5 Å². The first kappa shape index (κ1) is 33.1. The number of tetrazole rings is 1. The van der Waals surface area contributed by atoms with Crippen LogP contribution in [0.25, 0.3) is 0 Å². The lowest BCUT2D eigenvalue weighted by Crippen LogP contribution is -2.54. The number of carbonyl (C=O) groups is 2. The number of nitrogens with zero attached hydrogens (tertiary/aromatic N) is 5. The van der Waals surface area contributed by atoms with E-state index in [2.05, 4.69) is 79.3 Å². The molecule has 1 aromatic heterocycles. The van der Waals surface area contributed by atoms with Crippen molar-refractivity contribution in [2.75, 3.05) is 0 Å². The standard InChI is InChI=1S/C31H54FN7O2/c1-9-22(14-13-21(4)28(40)33-19-26-35-37-38-36-26)25(15-16-30(5,6)7)39-29(41)27(23-11-10-12-24(32)17-23)34-31(39,8)18-20(2)3/h20-25H,9-19H2,1-8H3,(H,33,40)(H,35,36,37,38)/t21?,22?,23?,24?,25-,31?/m1/s1. The van der Waals surface area contributed by atoms with Crippen LogP contribution in [0.5, 0.6) is 0 Å². The Labute approximate surface area is 246 Å². The highest BCUT2D eigenvalue weighted by molar-refractivity contribution is 6.41. The number of aromatic nitrogens is 4. The Hall–Kier alpha value is -2.39. The van der Waals surface area contributed by atoms with E-state index >= 15 is 0 Å². The number of hydrogen-bond donors (Lipinski definition) is 2. The second-order valence-corrected chi connectivity index (χ2v) is 14.3. The molecular weight excluding hydrogens is 521 g/mol. The van der Waals surface area contributed by atoms with E-state index in [1.165, 1.54) is 0 Å². The van der Waals surface area contributed by atoms with Gasteiger partial charge in [0.1, 0.15) is 17.5 Å². The van der Waals surface area contributed by atoms with E-state index in [0.29, 0.717) is 36.7 Å². The molecule has 41 heavy (non-hydrogen) atoms. The molecule has 2 amide bonds. The maximum atomic E-state index is 14.5. The van der Waals surface area contributed by atoms with Gasteiger partial charge in [-0.25, -0.2) is 4.39 Å². The molecule has 0 aromatic carbocycles. The van der Waals surface area contributed by atoms with Gasteiger partial charge in [-0.2, -0.15) is 5.21 Å². The van der Waals surface area contributed by atoms with Crippen molar-refractivity contribution in [2.45, 2.75) is 144 Å². The number of amides is 2. The van der Waals surface area contributed by atoms with Crippen LogP contribution < -0.4 is 5.32 Å². The Morgan fingerprint density at radius 3 is 2.51 bits per heavy atom. The summed E-state index contributed by atoms with van der Waals surface area (Å²) in [5, 5.41) is 16.6. The van der Waals surface area contributed by atoms with Crippen molar-refractivity contribution in [2.24, 2.45) is 34.1 Å². The van der Waals surface area contributed by atoms with E-state index < -0.39 is 11.8 Å². The molecule has 1 aromatic rings. The fourth-order valence-electron chi connectivity index (χ4n) is 6.79. The van der Waals surface area contributed by atoms with Crippen LogP contribution in [-0.2, 0) is 16.1 Å². The van der Waals surface area contributed by atoms with Crippen LogP contribution >= 0.6 is 0 Å². The van der Waals surface area contributed by atoms with Gasteiger partial charge in [0.25, 0.3) is 5.91 Å². The third kappa shape index (κ3) is 9.05. The molecule has 0 spiro atoms. The Kier molecular flexibility index (Phi) is 11.5. The lowest BCUT2D eigenvalue weighted by atomic mass is 9.79. The molecule has 2 N–H and O–H groups in total.